The molecule has 2 rings (SSSR count). The smallest absolute Gasteiger partial charge is 0.141 e. The molecule has 0 amide bonds. The molecule has 0 aliphatic heterocycles. The average molecular weight is 266 g/mol. The monoisotopic (exact) mass is 266 g/mol. The molecule has 1 saturated carbocycles. The van der Waals surface area contributed by atoms with Crippen molar-refractivity contribution in [1.82, 2.24) is 10.3 Å². The molecule has 1 aromatic heterocycles. The first-order valence-corrected chi connectivity index (χ1v) is 7.21. The molecule has 1 aliphatic rings. The van der Waals surface area contributed by atoms with Crippen molar-refractivity contribution >= 4 is 0 Å². The van der Waals surface area contributed by atoms with E-state index < -0.39 is 5.54 Å². The van der Waals surface area contributed by atoms with Crippen molar-refractivity contribution in [1.29, 1.82) is 0 Å². The van der Waals surface area contributed by atoms with Crippen LogP contribution in [0.1, 0.15) is 51.1 Å². The highest BCUT2D eigenvalue weighted by atomic mass is 19.1. The molecule has 1 aromatic rings. The van der Waals surface area contributed by atoms with Crippen LogP contribution in [0.15, 0.2) is 18.3 Å². The van der Waals surface area contributed by atoms with Crippen LogP contribution in [0.3, 0.4) is 0 Å². The van der Waals surface area contributed by atoms with Crippen LogP contribution in [0, 0.1) is 5.82 Å². The highest BCUT2D eigenvalue weighted by Crippen LogP contribution is 2.27. The minimum absolute atomic E-state index is 0.0152. The van der Waals surface area contributed by atoms with Crippen LogP contribution in [0.2, 0.25) is 0 Å². The molecule has 0 bridgehead atoms. The lowest BCUT2D eigenvalue weighted by molar-refractivity contribution is 0.128. The lowest BCUT2D eigenvalue weighted by atomic mass is 9.87. The number of pyridine rings is 1. The molecule has 4 heteroatoms. The van der Waals surface area contributed by atoms with Crippen LogP contribution < -0.4 is 5.32 Å². The van der Waals surface area contributed by atoms with Crippen LogP contribution in [0.4, 0.5) is 4.39 Å². The summed E-state index contributed by atoms with van der Waals surface area (Å²) in [7, 11) is 0. The first-order valence-electron chi connectivity index (χ1n) is 7.21. The molecule has 0 spiro atoms. The quantitative estimate of drug-likeness (QED) is 0.861. The fourth-order valence-electron chi connectivity index (χ4n) is 2.89. The summed E-state index contributed by atoms with van der Waals surface area (Å²) in [5.41, 5.74) is 0.180. The third-order valence-electron chi connectivity index (χ3n) is 4.18. The van der Waals surface area contributed by atoms with Crippen LogP contribution in [-0.4, -0.2) is 22.7 Å². The minimum atomic E-state index is -0.546. The molecule has 1 fully saturated rings. The summed E-state index contributed by atoms with van der Waals surface area (Å²) >= 11 is 0. The highest BCUT2D eigenvalue weighted by Gasteiger charge is 2.33. The van der Waals surface area contributed by atoms with Gasteiger partial charge in [0.15, 0.2) is 0 Å². The number of hydrogen-bond acceptors (Lipinski definition) is 3. The Morgan fingerprint density at radius 3 is 2.63 bits per heavy atom. The van der Waals surface area contributed by atoms with Crippen LogP contribution in [0.25, 0.3) is 0 Å². The van der Waals surface area contributed by atoms with Gasteiger partial charge in [0.2, 0.25) is 0 Å². The van der Waals surface area contributed by atoms with E-state index in [0.29, 0.717) is 6.04 Å². The molecular weight excluding hydrogens is 243 g/mol. The fraction of sp³-hybridized carbons (Fsp3) is 0.667. The van der Waals surface area contributed by atoms with Gasteiger partial charge in [0.1, 0.15) is 5.82 Å². The molecule has 1 aliphatic carbocycles. The molecule has 0 radical (unpaired) electrons. The Balaban J connectivity index is 2.18. The zero-order chi connectivity index (χ0) is 13.7. The zero-order valence-corrected chi connectivity index (χ0v) is 11.5. The van der Waals surface area contributed by atoms with E-state index in [-0.39, 0.29) is 12.4 Å². The zero-order valence-electron chi connectivity index (χ0n) is 11.5. The molecule has 19 heavy (non-hydrogen) atoms. The van der Waals surface area contributed by atoms with E-state index in [0.717, 1.165) is 25.0 Å². The number of aromatic nitrogens is 1. The number of halogens is 1. The normalized spacial score (nSPS) is 20.2. The van der Waals surface area contributed by atoms with Gasteiger partial charge in [-0.3, -0.25) is 4.98 Å². The minimum Gasteiger partial charge on any atom is -0.394 e. The molecule has 1 heterocycles. The van der Waals surface area contributed by atoms with E-state index in [2.05, 4.69) is 10.3 Å². The van der Waals surface area contributed by atoms with Gasteiger partial charge in [-0.1, -0.05) is 26.2 Å². The second kappa shape index (κ2) is 6.44. The lowest BCUT2D eigenvalue weighted by Gasteiger charge is -2.37. The average Bonchev–Trinajstić information content (AvgIpc) is 2.47. The summed E-state index contributed by atoms with van der Waals surface area (Å²) in [6.45, 7) is 2.01. The van der Waals surface area contributed by atoms with E-state index in [9.17, 15) is 9.50 Å². The number of nitrogens with one attached hydrogen (secondary N) is 1. The molecule has 1 unspecified atom stereocenters. The lowest BCUT2D eigenvalue weighted by Crippen LogP contribution is -2.51. The first kappa shape index (κ1) is 14.4. The van der Waals surface area contributed by atoms with Gasteiger partial charge in [-0.2, -0.15) is 0 Å². The van der Waals surface area contributed by atoms with Gasteiger partial charge in [-0.15, -0.1) is 0 Å². The van der Waals surface area contributed by atoms with Gasteiger partial charge < -0.3 is 10.4 Å². The van der Waals surface area contributed by atoms with E-state index in [1.54, 1.807) is 6.07 Å². The van der Waals surface area contributed by atoms with Gasteiger partial charge in [-0.25, -0.2) is 4.39 Å². The number of rotatable bonds is 5. The number of hydrogen-bond donors (Lipinski definition) is 2. The maximum atomic E-state index is 13.0. The van der Waals surface area contributed by atoms with E-state index in [4.69, 9.17) is 0 Å². The third-order valence-corrected chi connectivity index (χ3v) is 4.18. The Morgan fingerprint density at radius 1 is 1.37 bits per heavy atom. The van der Waals surface area contributed by atoms with Gasteiger partial charge in [-0.05, 0) is 31.4 Å². The van der Waals surface area contributed by atoms with Crippen molar-refractivity contribution in [2.45, 2.75) is 57.0 Å². The van der Waals surface area contributed by atoms with E-state index in [1.807, 2.05) is 6.92 Å². The maximum absolute atomic E-state index is 13.0. The van der Waals surface area contributed by atoms with Crippen molar-refractivity contribution in [2.75, 3.05) is 6.61 Å². The third kappa shape index (κ3) is 3.31. The molecule has 106 valence electrons. The molecule has 3 nitrogen and oxygen atoms in total. The van der Waals surface area contributed by atoms with Crippen LogP contribution >= 0.6 is 0 Å². The first-order chi connectivity index (χ1) is 9.20. The fourth-order valence-corrected chi connectivity index (χ4v) is 2.89. The van der Waals surface area contributed by atoms with Crippen molar-refractivity contribution in [3.8, 4) is 0 Å². The molecule has 1 atom stereocenters. The summed E-state index contributed by atoms with van der Waals surface area (Å²) in [6, 6.07) is 3.50. The molecule has 0 saturated heterocycles. The van der Waals surface area contributed by atoms with E-state index >= 15 is 0 Å². The Hall–Kier alpha value is -1.00. The van der Waals surface area contributed by atoms with Gasteiger partial charge in [0.25, 0.3) is 0 Å². The van der Waals surface area contributed by atoms with Crippen molar-refractivity contribution in [3.63, 3.8) is 0 Å². The van der Waals surface area contributed by atoms with Crippen LogP contribution in [0.5, 0.6) is 0 Å². The Kier molecular flexibility index (Phi) is 4.88. The SMILES string of the molecule is CCC(CO)(NC1CCCCC1)c1ccc(F)cn1. The predicted octanol–water partition coefficient (Wildman–Crippen LogP) is 2.74. The number of aliphatic hydroxyl groups excluding tert-OH is 1. The van der Waals surface area contributed by atoms with Gasteiger partial charge >= 0.3 is 0 Å². The number of aliphatic hydroxyl groups is 1. The number of nitrogens with zero attached hydrogens (tertiary/aromatic N) is 1. The molecule has 2 N–H and O–H groups in total. The topological polar surface area (TPSA) is 45.1 Å². The maximum Gasteiger partial charge on any atom is 0.141 e. The summed E-state index contributed by atoms with van der Waals surface area (Å²) in [4.78, 5) is 4.16. The van der Waals surface area contributed by atoms with E-state index in [1.165, 1.54) is 31.5 Å². The Morgan fingerprint density at radius 2 is 2.11 bits per heavy atom. The van der Waals surface area contributed by atoms with Gasteiger partial charge in [0, 0.05) is 6.04 Å². The van der Waals surface area contributed by atoms with Gasteiger partial charge in [0.05, 0.1) is 24.0 Å². The van der Waals surface area contributed by atoms with Crippen LogP contribution in [-0.2, 0) is 5.54 Å². The molecule has 0 aromatic carbocycles. The summed E-state index contributed by atoms with van der Waals surface area (Å²) in [5, 5.41) is 13.4. The largest absolute Gasteiger partial charge is 0.394 e. The second-order valence-electron chi connectivity index (χ2n) is 5.43. The summed E-state index contributed by atoms with van der Waals surface area (Å²) in [6.07, 6.45) is 8.01. The molecular formula is C15H23FN2O. The van der Waals surface area contributed by atoms with Crippen molar-refractivity contribution < 1.29 is 9.50 Å². The Bertz CT molecular complexity index is 384. The summed E-state index contributed by atoms with van der Waals surface area (Å²) < 4.78 is 13.0. The highest BCUT2D eigenvalue weighted by molar-refractivity contribution is 5.17. The standard InChI is InChI=1S/C15H23FN2O/c1-2-15(11-19,14-9-8-12(16)10-17-14)18-13-6-4-3-5-7-13/h8-10,13,18-19H,2-7,11H2,1H3. The predicted molar refractivity (Wildman–Crippen MR) is 73.3 cm³/mol. The summed E-state index contributed by atoms with van der Waals surface area (Å²) in [5.74, 6) is -0.343. The Labute approximate surface area is 114 Å². The second-order valence-corrected chi connectivity index (χ2v) is 5.43. The van der Waals surface area contributed by atoms with Crippen molar-refractivity contribution in [2.24, 2.45) is 0 Å². The van der Waals surface area contributed by atoms with Crippen molar-refractivity contribution in [3.05, 3.63) is 29.8 Å².